The largest absolute Gasteiger partial charge is 0.493 e. The van der Waals surface area contributed by atoms with Crippen LogP contribution in [0.2, 0.25) is 0 Å². The zero-order valence-corrected chi connectivity index (χ0v) is 21.0. The minimum atomic E-state index is -4.59. The van der Waals surface area contributed by atoms with Gasteiger partial charge in [-0.1, -0.05) is 30.3 Å². The van der Waals surface area contributed by atoms with E-state index in [1.807, 2.05) is 36.4 Å². The van der Waals surface area contributed by atoms with E-state index in [-0.39, 0.29) is 36.0 Å². The van der Waals surface area contributed by atoms with Crippen molar-refractivity contribution in [2.24, 2.45) is 5.92 Å². The van der Waals surface area contributed by atoms with Gasteiger partial charge in [0.2, 0.25) is 11.7 Å². The monoisotopic (exact) mass is 531 g/mol. The molecule has 8 nitrogen and oxygen atoms in total. The molecule has 2 fully saturated rings. The number of benzene rings is 2. The maximum absolute atomic E-state index is 13.7. The fourth-order valence-electron chi connectivity index (χ4n) is 4.93. The van der Waals surface area contributed by atoms with Crippen LogP contribution in [0.3, 0.4) is 0 Å². The molecule has 2 aromatic rings. The Hall–Kier alpha value is -3.94. The maximum Gasteiger partial charge on any atom is 0.393 e. The van der Waals surface area contributed by atoms with Gasteiger partial charge in [0.05, 0.1) is 26.2 Å². The molecule has 0 saturated carbocycles. The molecule has 11 heteroatoms. The molecule has 3 atom stereocenters. The SMILES string of the molecule is COc1cc(C(=O)N2C[C@@H](C(F)(F)F)C[C@H]2C(=O)N2CCC[C@H]2C#N)cc(OC)c1OCc1ccccc1. The van der Waals surface area contributed by atoms with Crippen molar-refractivity contribution in [3.63, 3.8) is 0 Å². The summed E-state index contributed by atoms with van der Waals surface area (Å²) in [4.78, 5) is 29.1. The third kappa shape index (κ3) is 5.49. The number of nitrogens with zero attached hydrogens (tertiary/aromatic N) is 3. The van der Waals surface area contributed by atoms with E-state index in [1.54, 1.807) is 0 Å². The molecule has 202 valence electrons. The van der Waals surface area contributed by atoms with Gasteiger partial charge >= 0.3 is 6.18 Å². The summed E-state index contributed by atoms with van der Waals surface area (Å²) in [6.45, 7) is -0.214. The topological polar surface area (TPSA) is 92.1 Å². The highest BCUT2D eigenvalue weighted by molar-refractivity contribution is 5.99. The number of likely N-dealkylation sites (tertiary alicyclic amines) is 2. The Kier molecular flexibility index (Phi) is 7.99. The Labute approximate surface area is 218 Å². The van der Waals surface area contributed by atoms with Crippen molar-refractivity contribution < 1.29 is 37.0 Å². The second-order valence-electron chi connectivity index (χ2n) is 9.25. The van der Waals surface area contributed by atoms with Gasteiger partial charge < -0.3 is 24.0 Å². The number of methoxy groups -OCH3 is 2. The first kappa shape index (κ1) is 27.1. The Bertz CT molecular complexity index is 1190. The molecule has 2 aliphatic rings. The lowest BCUT2D eigenvalue weighted by atomic mass is 10.0. The van der Waals surface area contributed by atoms with Crippen molar-refractivity contribution in [1.29, 1.82) is 5.26 Å². The van der Waals surface area contributed by atoms with Gasteiger partial charge in [-0.3, -0.25) is 9.59 Å². The molecular formula is C27H28F3N3O5. The third-order valence-corrected chi connectivity index (χ3v) is 6.93. The predicted octanol–water partition coefficient (Wildman–Crippen LogP) is 4.19. The molecule has 0 aromatic heterocycles. The van der Waals surface area contributed by atoms with E-state index in [9.17, 15) is 28.0 Å². The van der Waals surface area contributed by atoms with E-state index in [4.69, 9.17) is 14.2 Å². The van der Waals surface area contributed by atoms with Gasteiger partial charge in [-0.2, -0.15) is 18.4 Å². The number of carbonyl (C=O) groups excluding carboxylic acids is 2. The van der Waals surface area contributed by atoms with E-state index in [2.05, 4.69) is 0 Å². The van der Waals surface area contributed by atoms with E-state index < -0.39 is 49.0 Å². The second-order valence-corrected chi connectivity index (χ2v) is 9.25. The highest BCUT2D eigenvalue weighted by atomic mass is 19.4. The summed E-state index contributed by atoms with van der Waals surface area (Å²) in [5.74, 6) is -2.73. The Morgan fingerprint density at radius 1 is 1.08 bits per heavy atom. The number of carbonyl (C=O) groups is 2. The van der Waals surface area contributed by atoms with E-state index in [1.165, 1.54) is 31.3 Å². The molecule has 38 heavy (non-hydrogen) atoms. The number of ether oxygens (including phenoxy) is 3. The minimum Gasteiger partial charge on any atom is -0.493 e. The van der Waals surface area contributed by atoms with Gasteiger partial charge in [0.1, 0.15) is 18.7 Å². The summed E-state index contributed by atoms with van der Waals surface area (Å²) in [6, 6.07) is 12.0. The maximum atomic E-state index is 13.7. The molecule has 0 spiro atoms. The van der Waals surface area contributed by atoms with Crippen LogP contribution < -0.4 is 14.2 Å². The van der Waals surface area contributed by atoms with Gasteiger partial charge in [-0.25, -0.2) is 0 Å². The van der Waals surface area contributed by atoms with Crippen LogP contribution in [0.4, 0.5) is 13.2 Å². The molecule has 0 N–H and O–H groups in total. The molecule has 2 amide bonds. The standard InChI is InChI=1S/C27H28F3N3O5/c1-36-22-11-18(12-23(37-2)24(22)38-16-17-7-4-3-5-8-17)25(34)33-15-19(27(28,29)30)13-21(33)26(35)32-10-6-9-20(32)14-31/h3-5,7-8,11-12,19-21H,6,9-10,13,15-16H2,1-2H3/t19-,20-,21-/m0/s1. The van der Waals surface area contributed by atoms with Crippen molar-refractivity contribution in [2.45, 2.75) is 44.1 Å². The summed E-state index contributed by atoms with van der Waals surface area (Å²) in [7, 11) is 2.74. The van der Waals surface area contributed by atoms with Crippen molar-refractivity contribution in [1.82, 2.24) is 9.80 Å². The summed E-state index contributed by atoms with van der Waals surface area (Å²) in [5.41, 5.74) is 0.871. The van der Waals surface area contributed by atoms with Crippen LogP contribution in [0.5, 0.6) is 17.2 Å². The highest BCUT2D eigenvalue weighted by Gasteiger charge is 2.52. The quantitative estimate of drug-likeness (QED) is 0.532. The molecule has 2 saturated heterocycles. The molecule has 2 aromatic carbocycles. The van der Waals surface area contributed by atoms with E-state index >= 15 is 0 Å². The third-order valence-electron chi connectivity index (χ3n) is 6.93. The molecular weight excluding hydrogens is 503 g/mol. The number of alkyl halides is 3. The molecule has 2 aliphatic heterocycles. The zero-order valence-electron chi connectivity index (χ0n) is 21.0. The number of hydrogen-bond acceptors (Lipinski definition) is 6. The van der Waals surface area contributed by atoms with Crippen LogP contribution in [-0.2, 0) is 11.4 Å². The summed E-state index contributed by atoms with van der Waals surface area (Å²) in [5, 5.41) is 9.38. The summed E-state index contributed by atoms with van der Waals surface area (Å²) < 4.78 is 57.8. The average molecular weight is 532 g/mol. The van der Waals surface area contributed by atoms with Crippen molar-refractivity contribution in [3.05, 3.63) is 53.6 Å². The molecule has 2 heterocycles. The smallest absolute Gasteiger partial charge is 0.393 e. The second kappa shape index (κ2) is 11.2. The molecule has 0 bridgehead atoms. The normalized spacial score (nSPS) is 21.2. The van der Waals surface area contributed by atoms with Gasteiger partial charge in [0.25, 0.3) is 5.91 Å². The summed E-state index contributed by atoms with van der Waals surface area (Å²) in [6.07, 6.45) is -4.12. The minimum absolute atomic E-state index is 0.00959. The highest BCUT2D eigenvalue weighted by Crippen LogP contribution is 2.42. The van der Waals surface area contributed by atoms with E-state index in [0.717, 1.165) is 10.5 Å². The van der Waals surface area contributed by atoms with Gasteiger partial charge in [-0.15, -0.1) is 0 Å². The number of hydrogen-bond donors (Lipinski definition) is 0. The van der Waals surface area contributed by atoms with Gasteiger partial charge in [-0.05, 0) is 37.0 Å². The molecule has 4 rings (SSSR count). The Morgan fingerprint density at radius 2 is 1.74 bits per heavy atom. The first-order valence-electron chi connectivity index (χ1n) is 12.2. The number of amides is 2. The van der Waals surface area contributed by atoms with Gasteiger partial charge in [0.15, 0.2) is 11.5 Å². The fourth-order valence-corrected chi connectivity index (χ4v) is 4.93. The lowest BCUT2D eigenvalue weighted by molar-refractivity contribution is -0.170. The predicted molar refractivity (Wildman–Crippen MR) is 130 cm³/mol. The van der Waals surface area contributed by atoms with E-state index in [0.29, 0.717) is 12.8 Å². The number of halogens is 3. The van der Waals surface area contributed by atoms with Crippen molar-refractivity contribution >= 4 is 11.8 Å². The Balaban J connectivity index is 1.64. The van der Waals surface area contributed by atoms with Crippen LogP contribution in [-0.4, -0.2) is 67.2 Å². The Morgan fingerprint density at radius 3 is 2.32 bits per heavy atom. The fraction of sp³-hybridized carbons (Fsp3) is 0.444. The van der Waals surface area contributed by atoms with Crippen LogP contribution in [0.1, 0.15) is 35.2 Å². The van der Waals surface area contributed by atoms with Crippen molar-refractivity contribution in [3.8, 4) is 23.3 Å². The summed E-state index contributed by atoms with van der Waals surface area (Å²) >= 11 is 0. The van der Waals surface area contributed by atoms with Crippen molar-refractivity contribution in [2.75, 3.05) is 27.3 Å². The lowest BCUT2D eigenvalue weighted by Crippen LogP contribution is -2.49. The average Bonchev–Trinajstić information content (AvgIpc) is 3.59. The van der Waals surface area contributed by atoms with Crippen LogP contribution in [0.15, 0.2) is 42.5 Å². The zero-order chi connectivity index (χ0) is 27.4. The number of rotatable bonds is 7. The van der Waals surface area contributed by atoms with Crippen LogP contribution in [0.25, 0.3) is 0 Å². The van der Waals surface area contributed by atoms with Crippen LogP contribution >= 0.6 is 0 Å². The first-order chi connectivity index (χ1) is 18.2. The first-order valence-corrected chi connectivity index (χ1v) is 12.2. The lowest BCUT2D eigenvalue weighted by Gasteiger charge is -2.29. The molecule has 0 unspecified atom stereocenters. The molecule has 0 aliphatic carbocycles. The number of nitriles is 1. The molecule has 0 radical (unpaired) electrons. The van der Waals surface area contributed by atoms with Gasteiger partial charge in [0, 0.05) is 18.7 Å². The van der Waals surface area contributed by atoms with Crippen LogP contribution in [0, 0.1) is 17.2 Å².